The first kappa shape index (κ1) is 9.54. The van der Waals surface area contributed by atoms with Crippen LogP contribution in [0.25, 0.3) is 0 Å². The Morgan fingerprint density at radius 1 is 1.46 bits per heavy atom. The Hall–Kier alpha value is -1.55. The molecule has 0 aliphatic rings. The standard InChI is InChI=1S/C9H11NO3/c1-13-9(12)10-8-4-2-7(6-11)3-5-8/h2-5,11H,6H2,1H3,(H,10,12). The molecule has 4 nitrogen and oxygen atoms in total. The van der Waals surface area contributed by atoms with Crippen LogP contribution in [0, 0.1) is 0 Å². The third-order valence-electron chi connectivity index (χ3n) is 1.57. The lowest BCUT2D eigenvalue weighted by Crippen LogP contribution is -2.10. The van der Waals surface area contributed by atoms with Gasteiger partial charge in [0.25, 0.3) is 0 Å². The number of ether oxygens (including phenoxy) is 1. The number of hydrogen-bond donors (Lipinski definition) is 2. The molecular formula is C9H11NO3. The molecule has 1 amide bonds. The van der Waals surface area contributed by atoms with Crippen LogP contribution >= 0.6 is 0 Å². The van der Waals surface area contributed by atoms with Crippen LogP contribution in [0.3, 0.4) is 0 Å². The molecule has 0 saturated carbocycles. The summed E-state index contributed by atoms with van der Waals surface area (Å²) in [6, 6.07) is 6.85. The number of carbonyl (C=O) groups excluding carboxylic acids is 1. The molecule has 0 aliphatic carbocycles. The third-order valence-corrected chi connectivity index (χ3v) is 1.57. The van der Waals surface area contributed by atoms with Gasteiger partial charge in [-0.15, -0.1) is 0 Å². The molecule has 0 heterocycles. The first-order valence-corrected chi connectivity index (χ1v) is 3.81. The zero-order valence-electron chi connectivity index (χ0n) is 7.28. The maximum Gasteiger partial charge on any atom is 0.411 e. The predicted octanol–water partition coefficient (Wildman–Crippen LogP) is 1.36. The maximum atomic E-state index is 10.8. The van der Waals surface area contributed by atoms with Gasteiger partial charge in [-0.2, -0.15) is 0 Å². The molecule has 1 aromatic rings. The van der Waals surface area contributed by atoms with Gasteiger partial charge in [0.05, 0.1) is 13.7 Å². The molecule has 2 N–H and O–H groups in total. The van der Waals surface area contributed by atoms with Crippen molar-refractivity contribution in [2.45, 2.75) is 6.61 Å². The fraction of sp³-hybridized carbons (Fsp3) is 0.222. The van der Waals surface area contributed by atoms with Crippen molar-refractivity contribution in [1.29, 1.82) is 0 Å². The van der Waals surface area contributed by atoms with E-state index in [-0.39, 0.29) is 6.61 Å². The third kappa shape index (κ3) is 2.76. The Morgan fingerprint density at radius 3 is 2.54 bits per heavy atom. The minimum atomic E-state index is -0.503. The number of methoxy groups -OCH3 is 1. The fourth-order valence-electron chi connectivity index (χ4n) is 0.862. The van der Waals surface area contributed by atoms with Crippen molar-refractivity contribution in [1.82, 2.24) is 0 Å². The predicted molar refractivity (Wildman–Crippen MR) is 48.4 cm³/mol. The minimum Gasteiger partial charge on any atom is -0.453 e. The van der Waals surface area contributed by atoms with Gasteiger partial charge in [-0.05, 0) is 17.7 Å². The average Bonchev–Trinajstić information content (AvgIpc) is 2.19. The maximum absolute atomic E-state index is 10.8. The molecule has 1 rings (SSSR count). The van der Waals surface area contributed by atoms with Crippen LogP contribution in [-0.4, -0.2) is 18.3 Å². The van der Waals surface area contributed by atoms with E-state index in [0.717, 1.165) is 5.56 Å². The Balaban J connectivity index is 2.64. The average molecular weight is 181 g/mol. The summed E-state index contributed by atoms with van der Waals surface area (Å²) in [7, 11) is 1.30. The summed E-state index contributed by atoms with van der Waals surface area (Å²) in [6.45, 7) is -0.00148. The van der Waals surface area contributed by atoms with Crippen molar-refractivity contribution < 1.29 is 14.6 Å². The second kappa shape index (κ2) is 4.47. The van der Waals surface area contributed by atoms with Gasteiger partial charge < -0.3 is 9.84 Å². The van der Waals surface area contributed by atoms with E-state index in [4.69, 9.17) is 5.11 Å². The lowest BCUT2D eigenvalue weighted by Gasteiger charge is -2.03. The number of nitrogens with one attached hydrogen (secondary N) is 1. The summed E-state index contributed by atoms with van der Waals surface area (Å²) in [5, 5.41) is 11.2. The van der Waals surface area contributed by atoms with E-state index in [1.165, 1.54) is 7.11 Å². The highest BCUT2D eigenvalue weighted by Gasteiger charge is 1.99. The van der Waals surface area contributed by atoms with Crippen molar-refractivity contribution in [2.24, 2.45) is 0 Å². The Labute approximate surface area is 76.1 Å². The van der Waals surface area contributed by atoms with Crippen molar-refractivity contribution in [3.63, 3.8) is 0 Å². The number of anilines is 1. The van der Waals surface area contributed by atoms with Crippen LogP contribution in [0.5, 0.6) is 0 Å². The van der Waals surface area contributed by atoms with Crippen LogP contribution in [0.1, 0.15) is 5.56 Å². The molecule has 0 bridgehead atoms. The molecule has 70 valence electrons. The minimum absolute atomic E-state index is 0.00148. The molecule has 0 saturated heterocycles. The Kier molecular flexibility index (Phi) is 3.28. The van der Waals surface area contributed by atoms with Gasteiger partial charge in [0.2, 0.25) is 0 Å². The van der Waals surface area contributed by atoms with Gasteiger partial charge in [-0.1, -0.05) is 12.1 Å². The van der Waals surface area contributed by atoms with Crippen molar-refractivity contribution >= 4 is 11.8 Å². The van der Waals surface area contributed by atoms with Crippen LogP contribution < -0.4 is 5.32 Å². The van der Waals surface area contributed by atoms with Crippen molar-refractivity contribution in [3.05, 3.63) is 29.8 Å². The Morgan fingerprint density at radius 2 is 2.08 bits per heavy atom. The molecular weight excluding hydrogens is 170 g/mol. The smallest absolute Gasteiger partial charge is 0.411 e. The van der Waals surface area contributed by atoms with Gasteiger partial charge in [-0.25, -0.2) is 4.79 Å². The van der Waals surface area contributed by atoms with Gasteiger partial charge in [-0.3, -0.25) is 5.32 Å². The molecule has 0 unspecified atom stereocenters. The molecule has 0 radical (unpaired) electrons. The quantitative estimate of drug-likeness (QED) is 0.724. The first-order chi connectivity index (χ1) is 6.26. The van der Waals surface area contributed by atoms with Gasteiger partial charge in [0, 0.05) is 5.69 Å². The van der Waals surface area contributed by atoms with E-state index in [9.17, 15) is 4.79 Å². The summed E-state index contributed by atoms with van der Waals surface area (Å²) >= 11 is 0. The zero-order valence-corrected chi connectivity index (χ0v) is 7.28. The lowest BCUT2D eigenvalue weighted by molar-refractivity contribution is 0.187. The number of carbonyl (C=O) groups is 1. The second-order valence-electron chi connectivity index (χ2n) is 2.47. The summed E-state index contributed by atoms with van der Waals surface area (Å²) < 4.78 is 4.41. The van der Waals surface area contributed by atoms with E-state index >= 15 is 0 Å². The highest BCUT2D eigenvalue weighted by molar-refractivity contribution is 5.84. The molecule has 4 heteroatoms. The van der Waals surface area contributed by atoms with Crippen LogP contribution in [0.15, 0.2) is 24.3 Å². The number of hydrogen-bond acceptors (Lipinski definition) is 3. The fourth-order valence-corrected chi connectivity index (χ4v) is 0.862. The molecule has 13 heavy (non-hydrogen) atoms. The molecule has 1 aromatic carbocycles. The van der Waals surface area contributed by atoms with Crippen molar-refractivity contribution in [3.8, 4) is 0 Å². The number of benzene rings is 1. The van der Waals surface area contributed by atoms with Crippen LogP contribution in [-0.2, 0) is 11.3 Å². The van der Waals surface area contributed by atoms with Crippen LogP contribution in [0.2, 0.25) is 0 Å². The normalized spacial score (nSPS) is 9.38. The van der Waals surface area contributed by atoms with Gasteiger partial charge >= 0.3 is 6.09 Å². The second-order valence-corrected chi connectivity index (χ2v) is 2.47. The molecule has 0 atom stereocenters. The monoisotopic (exact) mass is 181 g/mol. The van der Waals surface area contributed by atoms with Gasteiger partial charge in [0.15, 0.2) is 0 Å². The highest BCUT2D eigenvalue weighted by atomic mass is 16.5. The Bertz CT molecular complexity index is 281. The summed E-state index contributed by atoms with van der Waals surface area (Å²) in [5.41, 5.74) is 1.44. The van der Waals surface area contributed by atoms with E-state index in [0.29, 0.717) is 5.69 Å². The van der Waals surface area contributed by atoms with E-state index in [2.05, 4.69) is 10.1 Å². The highest BCUT2D eigenvalue weighted by Crippen LogP contribution is 2.09. The largest absolute Gasteiger partial charge is 0.453 e. The topological polar surface area (TPSA) is 58.6 Å². The van der Waals surface area contributed by atoms with Crippen LogP contribution in [0.4, 0.5) is 10.5 Å². The summed E-state index contributed by atoms with van der Waals surface area (Å²) in [6.07, 6.45) is -0.503. The molecule has 0 spiro atoms. The number of amides is 1. The SMILES string of the molecule is COC(=O)Nc1ccc(CO)cc1. The first-order valence-electron chi connectivity index (χ1n) is 3.81. The lowest BCUT2D eigenvalue weighted by atomic mass is 10.2. The number of aliphatic hydroxyl groups excluding tert-OH is 1. The number of aliphatic hydroxyl groups is 1. The van der Waals surface area contributed by atoms with E-state index in [1.807, 2.05) is 0 Å². The number of rotatable bonds is 2. The zero-order chi connectivity index (χ0) is 9.68. The molecule has 0 aliphatic heterocycles. The summed E-state index contributed by atoms with van der Waals surface area (Å²) in [5.74, 6) is 0. The summed E-state index contributed by atoms with van der Waals surface area (Å²) in [4.78, 5) is 10.8. The van der Waals surface area contributed by atoms with E-state index in [1.54, 1.807) is 24.3 Å². The van der Waals surface area contributed by atoms with E-state index < -0.39 is 6.09 Å². The van der Waals surface area contributed by atoms with Gasteiger partial charge in [0.1, 0.15) is 0 Å². The molecule has 0 fully saturated rings. The van der Waals surface area contributed by atoms with Crippen molar-refractivity contribution in [2.75, 3.05) is 12.4 Å². The molecule has 0 aromatic heterocycles.